The SMILES string of the molecule is CN1CCN(S(=O)(=O)c2cc(F)c(F)c(F)c2)C[C@@H]1c1ncc[nH]1. The number of nitrogens with zero attached hydrogens (tertiary/aromatic N) is 3. The average molecular weight is 360 g/mol. The van der Waals surface area contributed by atoms with Crippen LogP contribution in [0.3, 0.4) is 0 Å². The van der Waals surface area contributed by atoms with Crippen LogP contribution in [0.4, 0.5) is 13.2 Å². The lowest BCUT2D eigenvalue weighted by atomic mass is 10.2. The molecule has 0 amide bonds. The molecule has 0 aliphatic carbocycles. The molecule has 1 fully saturated rings. The number of benzene rings is 1. The van der Waals surface area contributed by atoms with E-state index in [0.717, 1.165) is 4.31 Å². The summed E-state index contributed by atoms with van der Waals surface area (Å²) in [6.07, 6.45) is 3.18. The standard InChI is InChI=1S/C14H15F3N4O2S/c1-20-4-5-21(8-12(20)14-18-2-3-19-14)24(22,23)9-6-10(15)13(17)11(16)7-9/h2-3,6-7,12H,4-5,8H2,1H3,(H,18,19)/t12-/m1/s1. The molecular weight excluding hydrogens is 345 g/mol. The Morgan fingerprint density at radius 3 is 2.46 bits per heavy atom. The summed E-state index contributed by atoms with van der Waals surface area (Å²) in [7, 11) is -2.33. The zero-order valence-electron chi connectivity index (χ0n) is 12.7. The third-order valence-electron chi connectivity index (χ3n) is 4.04. The fourth-order valence-corrected chi connectivity index (χ4v) is 4.11. The van der Waals surface area contributed by atoms with Crippen molar-refractivity contribution in [1.82, 2.24) is 19.2 Å². The Labute approximate surface area is 137 Å². The van der Waals surface area contributed by atoms with Gasteiger partial charge in [0, 0.05) is 32.0 Å². The molecule has 1 aromatic carbocycles. The Morgan fingerprint density at radius 2 is 1.88 bits per heavy atom. The Bertz CT molecular complexity index is 819. The first-order valence-corrected chi connectivity index (χ1v) is 8.59. The highest BCUT2D eigenvalue weighted by Crippen LogP contribution is 2.27. The smallest absolute Gasteiger partial charge is 0.243 e. The van der Waals surface area contributed by atoms with Gasteiger partial charge >= 0.3 is 0 Å². The summed E-state index contributed by atoms with van der Waals surface area (Å²) in [5.41, 5.74) is 0. The summed E-state index contributed by atoms with van der Waals surface area (Å²) in [4.78, 5) is 8.38. The Balaban J connectivity index is 1.92. The van der Waals surface area contributed by atoms with E-state index in [9.17, 15) is 21.6 Å². The summed E-state index contributed by atoms with van der Waals surface area (Å²) in [6.45, 7) is 0.625. The van der Waals surface area contributed by atoms with Gasteiger partial charge in [-0.05, 0) is 19.2 Å². The van der Waals surface area contributed by atoms with Crippen LogP contribution < -0.4 is 0 Å². The third kappa shape index (κ3) is 2.92. The first-order chi connectivity index (χ1) is 11.3. The van der Waals surface area contributed by atoms with E-state index in [-0.39, 0.29) is 19.1 Å². The number of imidazole rings is 1. The molecule has 1 aliphatic rings. The van der Waals surface area contributed by atoms with E-state index in [4.69, 9.17) is 0 Å². The predicted molar refractivity (Wildman–Crippen MR) is 79.0 cm³/mol. The predicted octanol–water partition coefficient (Wildman–Crippen LogP) is 1.50. The number of nitrogens with one attached hydrogen (secondary N) is 1. The summed E-state index contributed by atoms with van der Waals surface area (Å²) in [6, 6.07) is 0.667. The van der Waals surface area contributed by atoms with Gasteiger partial charge in [0.15, 0.2) is 17.5 Å². The molecule has 1 aromatic heterocycles. The van der Waals surface area contributed by atoms with Crippen LogP contribution in [-0.4, -0.2) is 54.3 Å². The van der Waals surface area contributed by atoms with Gasteiger partial charge < -0.3 is 4.98 Å². The van der Waals surface area contributed by atoms with Gasteiger partial charge in [-0.3, -0.25) is 4.90 Å². The van der Waals surface area contributed by atoms with E-state index >= 15 is 0 Å². The maximum Gasteiger partial charge on any atom is 0.243 e. The number of rotatable bonds is 3. The molecule has 6 nitrogen and oxygen atoms in total. The molecule has 2 heterocycles. The molecule has 130 valence electrons. The molecule has 0 spiro atoms. The monoisotopic (exact) mass is 360 g/mol. The van der Waals surface area contributed by atoms with Crippen LogP contribution in [0.5, 0.6) is 0 Å². The van der Waals surface area contributed by atoms with Crippen LogP contribution in [0.2, 0.25) is 0 Å². The first kappa shape index (κ1) is 16.9. The van der Waals surface area contributed by atoms with Crippen LogP contribution >= 0.6 is 0 Å². The molecule has 2 aromatic rings. The van der Waals surface area contributed by atoms with Crippen molar-refractivity contribution in [2.45, 2.75) is 10.9 Å². The van der Waals surface area contributed by atoms with Crippen molar-refractivity contribution >= 4 is 10.0 Å². The first-order valence-electron chi connectivity index (χ1n) is 7.15. The van der Waals surface area contributed by atoms with E-state index in [0.29, 0.717) is 24.5 Å². The van der Waals surface area contributed by atoms with Gasteiger partial charge in [-0.25, -0.2) is 26.6 Å². The van der Waals surface area contributed by atoms with Crippen LogP contribution in [0.15, 0.2) is 29.4 Å². The van der Waals surface area contributed by atoms with Crippen molar-refractivity contribution < 1.29 is 21.6 Å². The molecule has 0 radical (unpaired) electrons. The van der Waals surface area contributed by atoms with Crippen LogP contribution in [0.1, 0.15) is 11.9 Å². The van der Waals surface area contributed by atoms with Crippen molar-refractivity contribution in [1.29, 1.82) is 0 Å². The van der Waals surface area contributed by atoms with Crippen molar-refractivity contribution in [2.24, 2.45) is 0 Å². The van der Waals surface area contributed by atoms with Gasteiger partial charge in [0.25, 0.3) is 0 Å². The minimum Gasteiger partial charge on any atom is -0.347 e. The third-order valence-corrected chi connectivity index (χ3v) is 5.88. The zero-order valence-corrected chi connectivity index (χ0v) is 13.5. The van der Waals surface area contributed by atoms with E-state index in [1.165, 1.54) is 0 Å². The van der Waals surface area contributed by atoms with Crippen molar-refractivity contribution in [3.8, 4) is 0 Å². The number of likely N-dealkylation sites (N-methyl/N-ethyl adjacent to an activating group) is 1. The second-order valence-electron chi connectivity index (χ2n) is 5.53. The fraction of sp³-hybridized carbons (Fsp3) is 0.357. The molecule has 1 atom stereocenters. The van der Waals surface area contributed by atoms with Gasteiger partial charge in [-0.15, -0.1) is 0 Å². The molecule has 1 aliphatic heterocycles. The van der Waals surface area contributed by atoms with Crippen molar-refractivity contribution in [2.75, 3.05) is 26.7 Å². The summed E-state index contributed by atoms with van der Waals surface area (Å²) < 4.78 is 66.2. The lowest BCUT2D eigenvalue weighted by Crippen LogP contribution is -2.49. The summed E-state index contributed by atoms with van der Waals surface area (Å²) in [5.74, 6) is -4.18. The number of sulfonamides is 1. The lowest BCUT2D eigenvalue weighted by Gasteiger charge is -2.37. The quantitative estimate of drug-likeness (QED) is 0.843. The molecule has 0 unspecified atom stereocenters. The Hall–Kier alpha value is -1.91. The van der Waals surface area contributed by atoms with E-state index in [2.05, 4.69) is 9.97 Å². The fourth-order valence-electron chi connectivity index (χ4n) is 2.65. The number of piperazine rings is 1. The average Bonchev–Trinajstić information content (AvgIpc) is 3.06. The molecule has 1 N–H and O–H groups in total. The molecule has 0 saturated carbocycles. The van der Waals surface area contributed by atoms with E-state index < -0.39 is 32.4 Å². The van der Waals surface area contributed by atoms with Gasteiger partial charge in [-0.2, -0.15) is 4.31 Å². The number of halogens is 3. The largest absolute Gasteiger partial charge is 0.347 e. The van der Waals surface area contributed by atoms with Gasteiger partial charge in [0.1, 0.15) is 5.82 Å². The molecule has 24 heavy (non-hydrogen) atoms. The highest BCUT2D eigenvalue weighted by Gasteiger charge is 2.35. The zero-order chi connectivity index (χ0) is 17.5. The highest BCUT2D eigenvalue weighted by atomic mass is 32.2. The van der Waals surface area contributed by atoms with Crippen LogP contribution in [0, 0.1) is 17.5 Å². The lowest BCUT2D eigenvalue weighted by molar-refractivity contribution is 0.142. The highest BCUT2D eigenvalue weighted by molar-refractivity contribution is 7.89. The van der Waals surface area contributed by atoms with Gasteiger partial charge in [-0.1, -0.05) is 0 Å². The number of H-pyrrole nitrogens is 1. The van der Waals surface area contributed by atoms with Crippen molar-refractivity contribution in [3.05, 3.63) is 47.8 Å². The van der Waals surface area contributed by atoms with Crippen LogP contribution in [-0.2, 0) is 10.0 Å². The second-order valence-corrected chi connectivity index (χ2v) is 7.47. The topological polar surface area (TPSA) is 69.3 Å². The Kier molecular flexibility index (Phi) is 4.37. The summed E-state index contributed by atoms with van der Waals surface area (Å²) >= 11 is 0. The molecule has 10 heteroatoms. The normalized spacial score (nSPS) is 20.4. The number of aromatic amines is 1. The number of hydrogen-bond donors (Lipinski definition) is 1. The molecule has 1 saturated heterocycles. The minimum absolute atomic E-state index is 0.0625. The second kappa shape index (κ2) is 6.19. The van der Waals surface area contributed by atoms with E-state index in [1.54, 1.807) is 12.4 Å². The minimum atomic E-state index is -4.15. The molecular formula is C14H15F3N4O2S. The Morgan fingerprint density at radius 1 is 1.21 bits per heavy atom. The molecule has 0 bridgehead atoms. The molecule has 3 rings (SSSR count). The van der Waals surface area contributed by atoms with E-state index in [1.807, 2.05) is 11.9 Å². The number of aromatic nitrogens is 2. The number of hydrogen-bond acceptors (Lipinski definition) is 4. The summed E-state index contributed by atoms with van der Waals surface area (Å²) in [5, 5.41) is 0. The van der Waals surface area contributed by atoms with Crippen molar-refractivity contribution in [3.63, 3.8) is 0 Å². The van der Waals surface area contributed by atoms with Gasteiger partial charge in [0.2, 0.25) is 10.0 Å². The van der Waals surface area contributed by atoms with Crippen LogP contribution in [0.25, 0.3) is 0 Å². The van der Waals surface area contributed by atoms with Gasteiger partial charge in [0.05, 0.1) is 10.9 Å². The maximum absolute atomic E-state index is 13.4. The maximum atomic E-state index is 13.4.